The number of hydrogen-bond acceptors (Lipinski definition) is 3. The van der Waals surface area contributed by atoms with Crippen molar-refractivity contribution in [1.82, 2.24) is 4.90 Å². The summed E-state index contributed by atoms with van der Waals surface area (Å²) >= 11 is 0. The molecule has 0 saturated heterocycles. The zero-order valence-electron chi connectivity index (χ0n) is 10.0. The van der Waals surface area contributed by atoms with Crippen LogP contribution in [-0.2, 0) is 4.79 Å². The number of likely N-dealkylation sites (N-methyl/N-ethyl adjacent to an activating group) is 1. The topological polar surface area (TPSA) is 55.6 Å². The van der Waals surface area contributed by atoms with Crippen LogP contribution in [0.4, 0.5) is 4.39 Å². The molecule has 0 aliphatic carbocycles. The molecule has 1 amide bonds. The van der Waals surface area contributed by atoms with E-state index in [2.05, 4.69) is 0 Å². The van der Waals surface area contributed by atoms with Crippen LogP contribution in [-0.4, -0.2) is 37.0 Å². The summed E-state index contributed by atoms with van der Waals surface area (Å²) < 4.78 is 18.0. The van der Waals surface area contributed by atoms with E-state index >= 15 is 0 Å². The number of nitrogens with two attached hydrogens (primary N) is 1. The van der Waals surface area contributed by atoms with Crippen LogP contribution in [0.3, 0.4) is 0 Å². The summed E-state index contributed by atoms with van der Waals surface area (Å²) in [7, 11) is 1.67. The fraction of sp³-hybridized carbons (Fsp3) is 0.417. The third-order valence-corrected chi connectivity index (χ3v) is 2.27. The van der Waals surface area contributed by atoms with Crippen molar-refractivity contribution in [3.05, 3.63) is 30.1 Å². The van der Waals surface area contributed by atoms with Crippen molar-refractivity contribution in [3.8, 4) is 5.75 Å². The van der Waals surface area contributed by atoms with Crippen LogP contribution in [0.1, 0.15) is 6.92 Å². The summed E-state index contributed by atoms with van der Waals surface area (Å²) in [5.74, 6) is 0.141. The van der Waals surface area contributed by atoms with Crippen LogP contribution in [0.5, 0.6) is 5.75 Å². The minimum absolute atomic E-state index is 0.132. The maximum atomic E-state index is 12.6. The molecule has 1 rings (SSSR count). The number of carbonyl (C=O) groups is 1. The van der Waals surface area contributed by atoms with Crippen molar-refractivity contribution in [2.45, 2.75) is 13.0 Å². The van der Waals surface area contributed by atoms with Crippen LogP contribution in [0, 0.1) is 5.82 Å². The Morgan fingerprint density at radius 3 is 2.59 bits per heavy atom. The Morgan fingerprint density at radius 2 is 2.06 bits per heavy atom. The van der Waals surface area contributed by atoms with E-state index in [1.165, 1.54) is 17.0 Å². The van der Waals surface area contributed by atoms with Gasteiger partial charge >= 0.3 is 0 Å². The predicted molar refractivity (Wildman–Crippen MR) is 63.2 cm³/mol. The largest absolute Gasteiger partial charge is 0.492 e. The molecule has 4 nitrogen and oxygen atoms in total. The average molecular weight is 240 g/mol. The molecule has 0 aliphatic heterocycles. The van der Waals surface area contributed by atoms with Crippen molar-refractivity contribution >= 4 is 5.91 Å². The zero-order chi connectivity index (χ0) is 12.8. The number of nitrogens with zero attached hydrogens (tertiary/aromatic N) is 1. The lowest BCUT2D eigenvalue weighted by Gasteiger charge is -2.19. The van der Waals surface area contributed by atoms with Gasteiger partial charge in [0.15, 0.2) is 0 Å². The van der Waals surface area contributed by atoms with Gasteiger partial charge in [0.05, 0.1) is 12.6 Å². The Bertz CT molecular complexity index is 365. The molecule has 1 atom stereocenters. The van der Waals surface area contributed by atoms with Gasteiger partial charge in [-0.3, -0.25) is 4.79 Å². The average Bonchev–Trinajstić information content (AvgIpc) is 2.30. The number of halogens is 1. The van der Waals surface area contributed by atoms with Crippen LogP contribution in [0.2, 0.25) is 0 Å². The van der Waals surface area contributed by atoms with Crippen molar-refractivity contribution in [3.63, 3.8) is 0 Å². The summed E-state index contributed by atoms with van der Waals surface area (Å²) in [6.07, 6.45) is 0. The van der Waals surface area contributed by atoms with Crippen LogP contribution in [0.15, 0.2) is 24.3 Å². The van der Waals surface area contributed by atoms with Gasteiger partial charge in [-0.1, -0.05) is 0 Å². The molecular formula is C12H17FN2O2. The van der Waals surface area contributed by atoms with Gasteiger partial charge < -0.3 is 15.4 Å². The molecule has 2 N–H and O–H groups in total. The number of amides is 1. The molecule has 0 aromatic heterocycles. The van der Waals surface area contributed by atoms with E-state index in [0.717, 1.165) is 0 Å². The summed E-state index contributed by atoms with van der Waals surface area (Å²) in [4.78, 5) is 12.9. The molecule has 0 unspecified atom stereocenters. The highest BCUT2D eigenvalue weighted by Gasteiger charge is 2.12. The molecule has 0 saturated carbocycles. The van der Waals surface area contributed by atoms with Gasteiger partial charge in [-0.2, -0.15) is 0 Å². The fourth-order valence-corrected chi connectivity index (χ4v) is 1.29. The Morgan fingerprint density at radius 1 is 1.47 bits per heavy atom. The predicted octanol–water partition coefficient (Wildman–Crippen LogP) is 1.01. The van der Waals surface area contributed by atoms with E-state index < -0.39 is 6.04 Å². The molecule has 0 aliphatic rings. The lowest BCUT2D eigenvalue weighted by atomic mass is 10.3. The normalized spacial score (nSPS) is 12.0. The van der Waals surface area contributed by atoms with E-state index in [4.69, 9.17) is 10.5 Å². The molecule has 0 fully saturated rings. The second-order valence-corrected chi connectivity index (χ2v) is 3.85. The molecule has 0 spiro atoms. The number of benzene rings is 1. The van der Waals surface area contributed by atoms with E-state index in [-0.39, 0.29) is 11.7 Å². The van der Waals surface area contributed by atoms with Gasteiger partial charge in [-0.15, -0.1) is 0 Å². The Balaban J connectivity index is 2.33. The zero-order valence-corrected chi connectivity index (χ0v) is 10.0. The van der Waals surface area contributed by atoms with Crippen molar-refractivity contribution in [2.75, 3.05) is 20.2 Å². The van der Waals surface area contributed by atoms with Gasteiger partial charge in [0.2, 0.25) is 5.91 Å². The molecule has 0 heterocycles. The molecule has 1 aromatic carbocycles. The summed E-state index contributed by atoms with van der Waals surface area (Å²) in [6.45, 7) is 2.43. The molecule has 94 valence electrons. The Labute approximate surface area is 100 Å². The standard InChI is InChI=1S/C12H17FN2O2/c1-9(14)12(16)15(2)7-8-17-11-5-3-10(13)4-6-11/h3-6,9H,7-8,14H2,1-2H3/t9-/m1/s1. The van der Waals surface area contributed by atoms with Gasteiger partial charge in [-0.25, -0.2) is 4.39 Å². The third kappa shape index (κ3) is 4.40. The van der Waals surface area contributed by atoms with Crippen molar-refractivity contribution < 1.29 is 13.9 Å². The fourth-order valence-electron chi connectivity index (χ4n) is 1.29. The second-order valence-electron chi connectivity index (χ2n) is 3.85. The Kier molecular flexibility index (Phi) is 4.90. The van der Waals surface area contributed by atoms with E-state index in [1.54, 1.807) is 26.1 Å². The van der Waals surface area contributed by atoms with Crippen molar-refractivity contribution in [1.29, 1.82) is 0 Å². The summed E-state index contributed by atoms with van der Waals surface area (Å²) in [5.41, 5.74) is 5.46. The van der Waals surface area contributed by atoms with E-state index in [1.807, 2.05) is 0 Å². The Hall–Kier alpha value is -1.62. The van der Waals surface area contributed by atoms with E-state index in [0.29, 0.717) is 18.9 Å². The number of rotatable bonds is 5. The molecule has 5 heteroatoms. The highest BCUT2D eigenvalue weighted by atomic mass is 19.1. The molecule has 0 bridgehead atoms. The highest BCUT2D eigenvalue weighted by molar-refractivity contribution is 5.80. The monoisotopic (exact) mass is 240 g/mol. The molecule has 17 heavy (non-hydrogen) atoms. The molecule has 0 radical (unpaired) electrons. The highest BCUT2D eigenvalue weighted by Crippen LogP contribution is 2.10. The SMILES string of the molecule is C[C@@H](N)C(=O)N(C)CCOc1ccc(F)cc1. The van der Waals surface area contributed by atoms with Gasteiger partial charge in [-0.05, 0) is 31.2 Å². The van der Waals surface area contributed by atoms with Crippen LogP contribution in [0.25, 0.3) is 0 Å². The number of ether oxygens (including phenoxy) is 1. The maximum Gasteiger partial charge on any atom is 0.239 e. The smallest absolute Gasteiger partial charge is 0.239 e. The molecular weight excluding hydrogens is 223 g/mol. The van der Waals surface area contributed by atoms with E-state index in [9.17, 15) is 9.18 Å². The third-order valence-electron chi connectivity index (χ3n) is 2.27. The van der Waals surface area contributed by atoms with Gasteiger partial charge in [0.1, 0.15) is 18.2 Å². The summed E-state index contributed by atoms with van der Waals surface area (Å²) in [5, 5.41) is 0. The second kappa shape index (κ2) is 6.20. The lowest BCUT2D eigenvalue weighted by Crippen LogP contribution is -2.41. The van der Waals surface area contributed by atoms with Crippen LogP contribution < -0.4 is 10.5 Å². The lowest BCUT2D eigenvalue weighted by molar-refractivity contribution is -0.131. The first kappa shape index (κ1) is 13.4. The quantitative estimate of drug-likeness (QED) is 0.835. The van der Waals surface area contributed by atoms with Gasteiger partial charge in [0.25, 0.3) is 0 Å². The first-order valence-corrected chi connectivity index (χ1v) is 5.39. The molecule has 1 aromatic rings. The first-order chi connectivity index (χ1) is 8.00. The summed E-state index contributed by atoms with van der Waals surface area (Å²) in [6, 6.07) is 5.23. The number of hydrogen-bond donors (Lipinski definition) is 1. The minimum atomic E-state index is -0.508. The minimum Gasteiger partial charge on any atom is -0.492 e. The van der Waals surface area contributed by atoms with Crippen molar-refractivity contribution in [2.24, 2.45) is 5.73 Å². The number of carbonyl (C=O) groups excluding carboxylic acids is 1. The maximum absolute atomic E-state index is 12.6. The first-order valence-electron chi connectivity index (χ1n) is 5.39. The van der Waals surface area contributed by atoms with Crippen LogP contribution >= 0.6 is 0 Å². The van der Waals surface area contributed by atoms with Gasteiger partial charge in [0, 0.05) is 7.05 Å².